The van der Waals surface area contributed by atoms with Crippen molar-refractivity contribution < 1.29 is 4.74 Å². The van der Waals surface area contributed by atoms with Gasteiger partial charge in [-0.05, 0) is 42.5 Å². The zero-order valence-corrected chi connectivity index (χ0v) is 13.4. The first-order valence-electron chi connectivity index (χ1n) is 7.58. The second-order valence-corrected chi connectivity index (χ2v) is 5.94. The van der Waals surface area contributed by atoms with E-state index in [1.54, 1.807) is 7.11 Å². The van der Waals surface area contributed by atoms with E-state index in [-0.39, 0.29) is 6.04 Å². The van der Waals surface area contributed by atoms with E-state index in [1.165, 1.54) is 11.1 Å². The van der Waals surface area contributed by atoms with E-state index in [9.17, 15) is 0 Å². The van der Waals surface area contributed by atoms with E-state index >= 15 is 0 Å². The van der Waals surface area contributed by atoms with Gasteiger partial charge in [-0.2, -0.15) is 0 Å². The third-order valence-electron chi connectivity index (χ3n) is 3.58. The van der Waals surface area contributed by atoms with Crippen LogP contribution in [0.5, 0.6) is 5.75 Å². The zero-order chi connectivity index (χ0) is 15.2. The van der Waals surface area contributed by atoms with E-state index in [2.05, 4.69) is 56.4 Å². The molecule has 0 radical (unpaired) electrons. The van der Waals surface area contributed by atoms with E-state index in [4.69, 9.17) is 4.74 Å². The molecule has 2 rings (SSSR count). The Morgan fingerprint density at radius 2 is 1.71 bits per heavy atom. The van der Waals surface area contributed by atoms with Gasteiger partial charge < -0.3 is 10.1 Å². The molecule has 2 aromatic rings. The SMILES string of the molecule is COc1cccc(NC(C)c2ccc(CC(C)C)cc2)c1. The summed E-state index contributed by atoms with van der Waals surface area (Å²) in [4.78, 5) is 0. The second-order valence-electron chi connectivity index (χ2n) is 5.94. The van der Waals surface area contributed by atoms with Crippen molar-refractivity contribution in [3.05, 3.63) is 59.7 Å². The Morgan fingerprint density at radius 3 is 2.33 bits per heavy atom. The first-order valence-corrected chi connectivity index (χ1v) is 7.58. The first kappa shape index (κ1) is 15.4. The summed E-state index contributed by atoms with van der Waals surface area (Å²) < 4.78 is 5.25. The molecule has 21 heavy (non-hydrogen) atoms. The van der Waals surface area contributed by atoms with Gasteiger partial charge in [0.15, 0.2) is 0 Å². The molecule has 2 heteroatoms. The minimum Gasteiger partial charge on any atom is -0.497 e. The molecule has 2 aromatic carbocycles. The van der Waals surface area contributed by atoms with Gasteiger partial charge in [0.2, 0.25) is 0 Å². The van der Waals surface area contributed by atoms with Crippen molar-refractivity contribution in [3.8, 4) is 5.75 Å². The highest BCUT2D eigenvalue weighted by atomic mass is 16.5. The van der Waals surface area contributed by atoms with Crippen molar-refractivity contribution in [3.63, 3.8) is 0 Å². The van der Waals surface area contributed by atoms with Crippen molar-refractivity contribution >= 4 is 5.69 Å². The summed E-state index contributed by atoms with van der Waals surface area (Å²) in [6.45, 7) is 6.68. The number of benzene rings is 2. The average molecular weight is 283 g/mol. The molecule has 1 N–H and O–H groups in total. The summed E-state index contributed by atoms with van der Waals surface area (Å²) in [6.07, 6.45) is 1.14. The van der Waals surface area contributed by atoms with E-state index in [0.29, 0.717) is 5.92 Å². The van der Waals surface area contributed by atoms with Crippen LogP contribution in [0.15, 0.2) is 48.5 Å². The minimum atomic E-state index is 0.269. The Bertz CT molecular complexity index is 560. The van der Waals surface area contributed by atoms with Crippen LogP contribution in [0.3, 0.4) is 0 Å². The van der Waals surface area contributed by atoms with Crippen molar-refractivity contribution in [2.45, 2.75) is 33.2 Å². The van der Waals surface area contributed by atoms with Gasteiger partial charge in [0, 0.05) is 17.8 Å². The summed E-state index contributed by atoms with van der Waals surface area (Å²) in [5.74, 6) is 1.57. The Balaban J connectivity index is 2.03. The summed E-state index contributed by atoms with van der Waals surface area (Å²) >= 11 is 0. The molecule has 0 aromatic heterocycles. The van der Waals surface area contributed by atoms with Gasteiger partial charge in [-0.1, -0.05) is 44.2 Å². The summed E-state index contributed by atoms with van der Waals surface area (Å²) in [5.41, 5.74) is 3.78. The molecule has 0 fully saturated rings. The Morgan fingerprint density at radius 1 is 1.00 bits per heavy atom. The molecule has 0 spiro atoms. The van der Waals surface area contributed by atoms with Crippen molar-refractivity contribution in [1.29, 1.82) is 0 Å². The lowest BCUT2D eigenvalue weighted by molar-refractivity contribution is 0.415. The van der Waals surface area contributed by atoms with Crippen LogP contribution in [0.1, 0.15) is 37.9 Å². The average Bonchev–Trinajstić information content (AvgIpc) is 2.47. The molecule has 0 saturated carbocycles. The number of hydrogen-bond acceptors (Lipinski definition) is 2. The van der Waals surface area contributed by atoms with Crippen LogP contribution in [-0.2, 0) is 6.42 Å². The van der Waals surface area contributed by atoms with Crippen LogP contribution in [0.4, 0.5) is 5.69 Å². The first-order chi connectivity index (χ1) is 10.1. The normalized spacial score (nSPS) is 12.2. The molecule has 112 valence electrons. The Kier molecular flexibility index (Phi) is 5.26. The quantitative estimate of drug-likeness (QED) is 0.799. The summed E-state index contributed by atoms with van der Waals surface area (Å²) in [6, 6.07) is 17.2. The van der Waals surface area contributed by atoms with Gasteiger partial charge in [0.1, 0.15) is 5.75 Å². The van der Waals surface area contributed by atoms with Crippen LogP contribution >= 0.6 is 0 Å². The minimum absolute atomic E-state index is 0.269. The summed E-state index contributed by atoms with van der Waals surface area (Å²) in [5, 5.41) is 3.51. The molecular weight excluding hydrogens is 258 g/mol. The van der Waals surface area contributed by atoms with Crippen molar-refractivity contribution in [2.24, 2.45) is 5.92 Å². The fourth-order valence-corrected chi connectivity index (χ4v) is 2.46. The zero-order valence-electron chi connectivity index (χ0n) is 13.4. The maximum Gasteiger partial charge on any atom is 0.120 e. The standard InChI is InChI=1S/C19H25NO/c1-14(2)12-16-8-10-17(11-9-16)15(3)20-18-6-5-7-19(13-18)21-4/h5-11,13-15,20H,12H2,1-4H3. The molecule has 2 nitrogen and oxygen atoms in total. The second kappa shape index (κ2) is 7.16. The Hall–Kier alpha value is -1.96. The number of rotatable bonds is 6. The lowest BCUT2D eigenvalue weighted by Gasteiger charge is -2.17. The van der Waals surface area contributed by atoms with Gasteiger partial charge in [-0.25, -0.2) is 0 Å². The molecule has 0 heterocycles. The van der Waals surface area contributed by atoms with Gasteiger partial charge in [-0.3, -0.25) is 0 Å². The Labute approximate surface area is 128 Å². The highest BCUT2D eigenvalue weighted by Crippen LogP contribution is 2.23. The van der Waals surface area contributed by atoms with Gasteiger partial charge in [0.05, 0.1) is 7.11 Å². The highest BCUT2D eigenvalue weighted by molar-refractivity contribution is 5.49. The van der Waals surface area contributed by atoms with Crippen LogP contribution < -0.4 is 10.1 Å². The van der Waals surface area contributed by atoms with Gasteiger partial charge in [0.25, 0.3) is 0 Å². The fourth-order valence-electron chi connectivity index (χ4n) is 2.46. The number of anilines is 1. The lowest BCUT2D eigenvalue weighted by Crippen LogP contribution is -2.06. The third kappa shape index (κ3) is 4.52. The van der Waals surface area contributed by atoms with Crippen LogP contribution in [-0.4, -0.2) is 7.11 Å². The predicted octanol–water partition coefficient (Wildman–Crippen LogP) is 5.07. The maximum atomic E-state index is 5.25. The lowest BCUT2D eigenvalue weighted by atomic mass is 10.00. The molecule has 0 bridgehead atoms. The number of hydrogen-bond donors (Lipinski definition) is 1. The molecule has 0 saturated heterocycles. The van der Waals surface area contributed by atoms with E-state index in [1.807, 2.05) is 18.2 Å². The monoisotopic (exact) mass is 283 g/mol. The molecule has 0 aliphatic heterocycles. The van der Waals surface area contributed by atoms with Gasteiger partial charge >= 0.3 is 0 Å². The number of nitrogens with one attached hydrogen (secondary N) is 1. The smallest absolute Gasteiger partial charge is 0.120 e. The predicted molar refractivity (Wildman–Crippen MR) is 90.0 cm³/mol. The summed E-state index contributed by atoms with van der Waals surface area (Å²) in [7, 11) is 1.69. The third-order valence-corrected chi connectivity index (χ3v) is 3.58. The fraction of sp³-hybridized carbons (Fsp3) is 0.368. The molecule has 1 atom stereocenters. The van der Waals surface area contributed by atoms with Crippen LogP contribution in [0.2, 0.25) is 0 Å². The largest absolute Gasteiger partial charge is 0.497 e. The van der Waals surface area contributed by atoms with Crippen LogP contribution in [0.25, 0.3) is 0 Å². The topological polar surface area (TPSA) is 21.3 Å². The molecule has 0 amide bonds. The number of ether oxygens (including phenoxy) is 1. The molecule has 0 aliphatic rings. The van der Waals surface area contributed by atoms with Gasteiger partial charge in [-0.15, -0.1) is 0 Å². The van der Waals surface area contributed by atoms with Crippen molar-refractivity contribution in [1.82, 2.24) is 0 Å². The number of methoxy groups -OCH3 is 1. The van der Waals surface area contributed by atoms with E-state index in [0.717, 1.165) is 17.9 Å². The van der Waals surface area contributed by atoms with Crippen LogP contribution in [0, 0.1) is 5.92 Å². The highest BCUT2D eigenvalue weighted by Gasteiger charge is 2.06. The molecule has 0 aliphatic carbocycles. The maximum absolute atomic E-state index is 5.25. The van der Waals surface area contributed by atoms with Crippen molar-refractivity contribution in [2.75, 3.05) is 12.4 Å². The van der Waals surface area contributed by atoms with E-state index < -0.39 is 0 Å². The molecule has 1 unspecified atom stereocenters. The molecular formula is C19H25NO.